The van der Waals surface area contributed by atoms with E-state index < -0.39 is 47.1 Å². The first kappa shape index (κ1) is 33.6. The van der Waals surface area contributed by atoms with Crippen molar-refractivity contribution in [3.05, 3.63) is 33.9 Å². The molecule has 4 aliphatic rings. The van der Waals surface area contributed by atoms with E-state index in [2.05, 4.69) is 17.1 Å². The number of rotatable bonds is 10. The number of hydrogen-bond donors (Lipinski definition) is 4. The van der Waals surface area contributed by atoms with Crippen molar-refractivity contribution in [2.45, 2.75) is 96.6 Å². The van der Waals surface area contributed by atoms with Gasteiger partial charge in [-0.05, 0) is 107 Å². The highest BCUT2D eigenvalue weighted by atomic mass is 16.5. The first-order chi connectivity index (χ1) is 21.1. The molecule has 1 aromatic carbocycles. The van der Waals surface area contributed by atoms with E-state index in [1.807, 2.05) is 34.0 Å². The smallest absolute Gasteiger partial charge is 0.235 e. The van der Waals surface area contributed by atoms with Gasteiger partial charge in [-0.25, -0.2) is 0 Å². The number of likely N-dealkylation sites (N-methyl/N-ethyl adjacent to an activating group) is 1. The Morgan fingerprint density at radius 1 is 1.20 bits per heavy atom. The monoisotopic (exact) mass is 624 g/mol. The highest BCUT2D eigenvalue weighted by Gasteiger charge is 2.64. The molecule has 6 atom stereocenters. The van der Waals surface area contributed by atoms with Gasteiger partial charge in [0.15, 0.2) is 17.5 Å². The lowest BCUT2D eigenvalue weighted by atomic mass is 9.54. The van der Waals surface area contributed by atoms with Crippen LogP contribution in [0.4, 0.5) is 5.69 Å². The number of carbonyl (C=O) groups excluding carboxylic acids is 3. The minimum Gasteiger partial charge on any atom is -0.508 e. The summed E-state index contributed by atoms with van der Waals surface area (Å²) in [6.45, 7) is 9.35. The standard InChI is InChI=1S/C35H52N4O6/c1-9-34(11-10-12-34)17-37-16-21-15-24(40)26-22(28(21)38(5)6)13-20-14-23-29(39(7)8)30(41)27(33(36)43)32(42)35(23,44)19(4)25(20)31(26)45-18(2)3/h15,18,20,23,27,29,31,37,40,44H,9-14,16-17H2,1-8H3,(H2,36,43). The number of nitrogens with two attached hydrogens (primary N) is 1. The SMILES string of the molecule is CCC1(CNCc2cc(O)c3c(c2N(C)C)CC2CC4C(N(C)C)C(=O)C(C(N)=O)C(=O)C4(O)C(C)=C2C3OC(C)C)CCC1. The molecule has 10 heteroatoms. The fourth-order valence-corrected chi connectivity index (χ4v) is 8.93. The zero-order chi connectivity index (χ0) is 33.2. The van der Waals surface area contributed by atoms with Gasteiger partial charge in [0.05, 0.1) is 12.1 Å². The molecule has 0 saturated heterocycles. The van der Waals surface area contributed by atoms with Crippen molar-refractivity contribution in [3.8, 4) is 5.75 Å². The van der Waals surface area contributed by atoms with Crippen molar-refractivity contribution in [1.29, 1.82) is 0 Å². The third-order valence-electron chi connectivity index (χ3n) is 11.3. The number of benzene rings is 1. The molecule has 5 N–H and O–H groups in total. The minimum atomic E-state index is -2.08. The van der Waals surface area contributed by atoms with Gasteiger partial charge in [0.1, 0.15) is 17.5 Å². The number of aromatic hydroxyl groups is 1. The highest BCUT2D eigenvalue weighted by molar-refractivity contribution is 6.24. The van der Waals surface area contributed by atoms with Crippen LogP contribution in [-0.2, 0) is 32.1 Å². The second-order valence-electron chi connectivity index (χ2n) is 14.7. The zero-order valence-corrected chi connectivity index (χ0v) is 28.2. The fourth-order valence-electron chi connectivity index (χ4n) is 8.93. The number of phenols is 1. The lowest BCUT2D eigenvalue weighted by molar-refractivity contribution is -0.166. The molecule has 0 aromatic heterocycles. The van der Waals surface area contributed by atoms with Crippen LogP contribution >= 0.6 is 0 Å². The summed E-state index contributed by atoms with van der Waals surface area (Å²) >= 11 is 0. The molecule has 0 spiro atoms. The molecule has 10 nitrogen and oxygen atoms in total. The Bertz CT molecular complexity index is 1410. The number of hydrogen-bond acceptors (Lipinski definition) is 9. The van der Waals surface area contributed by atoms with E-state index in [1.165, 1.54) is 19.3 Å². The van der Waals surface area contributed by atoms with Crippen LogP contribution in [0, 0.1) is 23.2 Å². The summed E-state index contributed by atoms with van der Waals surface area (Å²) < 4.78 is 6.56. The van der Waals surface area contributed by atoms with Gasteiger partial charge < -0.3 is 30.9 Å². The minimum absolute atomic E-state index is 0.117. The fraction of sp³-hybridized carbons (Fsp3) is 0.686. The van der Waals surface area contributed by atoms with Gasteiger partial charge in [-0.1, -0.05) is 13.3 Å². The normalized spacial score (nSPS) is 30.6. The molecule has 0 radical (unpaired) electrons. The predicted molar refractivity (Wildman–Crippen MR) is 173 cm³/mol. The number of fused-ring (bicyclic) bond motifs is 3. The number of anilines is 1. The van der Waals surface area contributed by atoms with E-state index in [9.17, 15) is 24.6 Å². The lowest BCUT2D eigenvalue weighted by Crippen LogP contribution is -2.69. The van der Waals surface area contributed by atoms with E-state index in [1.54, 1.807) is 25.9 Å². The molecule has 0 aliphatic heterocycles. The van der Waals surface area contributed by atoms with Gasteiger partial charge in [0, 0.05) is 44.4 Å². The Kier molecular flexibility index (Phi) is 9.03. The molecular formula is C35H52N4O6. The molecule has 6 unspecified atom stereocenters. The highest BCUT2D eigenvalue weighted by Crippen LogP contribution is 2.58. The summed E-state index contributed by atoms with van der Waals surface area (Å²) in [5.74, 6) is -5.04. The summed E-state index contributed by atoms with van der Waals surface area (Å²) in [5.41, 5.74) is 8.63. The maximum atomic E-state index is 13.9. The van der Waals surface area contributed by atoms with Crippen LogP contribution in [0.25, 0.3) is 0 Å². The summed E-state index contributed by atoms with van der Waals surface area (Å²) in [7, 11) is 7.46. The quantitative estimate of drug-likeness (QED) is 0.228. The van der Waals surface area contributed by atoms with Crippen LogP contribution in [0.5, 0.6) is 5.75 Å². The van der Waals surface area contributed by atoms with Crippen LogP contribution in [0.2, 0.25) is 0 Å². The molecule has 4 aliphatic carbocycles. The van der Waals surface area contributed by atoms with Gasteiger partial charge in [0.25, 0.3) is 0 Å². The Balaban J connectivity index is 1.65. The van der Waals surface area contributed by atoms with Gasteiger partial charge in [-0.15, -0.1) is 0 Å². The molecule has 45 heavy (non-hydrogen) atoms. The van der Waals surface area contributed by atoms with E-state index in [0.717, 1.165) is 35.4 Å². The third-order valence-corrected chi connectivity index (χ3v) is 11.3. The van der Waals surface area contributed by atoms with Crippen LogP contribution in [0.1, 0.15) is 82.6 Å². The topological polar surface area (TPSA) is 145 Å². The van der Waals surface area contributed by atoms with Gasteiger partial charge in [-0.3, -0.25) is 19.3 Å². The Labute approximate surface area is 267 Å². The van der Waals surface area contributed by atoms with Crippen molar-refractivity contribution in [2.24, 2.45) is 28.9 Å². The number of phenolic OH excluding ortho intramolecular Hbond substituents is 1. The number of carbonyl (C=O) groups is 3. The van der Waals surface area contributed by atoms with E-state index in [0.29, 0.717) is 35.9 Å². The van der Waals surface area contributed by atoms with Crippen molar-refractivity contribution in [3.63, 3.8) is 0 Å². The summed E-state index contributed by atoms with van der Waals surface area (Å²) in [5, 5.41) is 27.7. The molecular weight excluding hydrogens is 572 g/mol. The van der Waals surface area contributed by atoms with E-state index >= 15 is 0 Å². The van der Waals surface area contributed by atoms with E-state index in [4.69, 9.17) is 10.5 Å². The summed E-state index contributed by atoms with van der Waals surface area (Å²) in [6.07, 6.45) is 4.82. The molecule has 248 valence electrons. The van der Waals surface area contributed by atoms with Crippen LogP contribution in [0.3, 0.4) is 0 Å². The van der Waals surface area contributed by atoms with Crippen LogP contribution in [-0.4, -0.2) is 85.1 Å². The van der Waals surface area contributed by atoms with Crippen molar-refractivity contribution in [2.75, 3.05) is 39.6 Å². The number of primary amides is 1. The van der Waals surface area contributed by atoms with Crippen molar-refractivity contribution in [1.82, 2.24) is 10.2 Å². The summed E-state index contributed by atoms with van der Waals surface area (Å²) in [4.78, 5) is 43.7. The van der Waals surface area contributed by atoms with E-state index in [-0.39, 0.29) is 17.8 Å². The van der Waals surface area contributed by atoms with Crippen LogP contribution in [0.15, 0.2) is 17.2 Å². The first-order valence-corrected chi connectivity index (χ1v) is 16.5. The average Bonchev–Trinajstić information content (AvgIpc) is 2.91. The molecule has 5 rings (SSSR count). The first-order valence-electron chi connectivity index (χ1n) is 16.5. The summed E-state index contributed by atoms with van der Waals surface area (Å²) in [6, 6.07) is 0.950. The molecule has 0 bridgehead atoms. The third kappa shape index (κ3) is 5.31. The van der Waals surface area contributed by atoms with Gasteiger partial charge in [0.2, 0.25) is 5.91 Å². The van der Waals surface area contributed by atoms with Gasteiger partial charge in [-0.2, -0.15) is 0 Å². The molecule has 2 fully saturated rings. The number of nitrogens with one attached hydrogen (secondary N) is 1. The Hall–Kier alpha value is -2.79. The predicted octanol–water partition coefficient (Wildman–Crippen LogP) is 3.02. The number of Topliss-reactive ketones (excluding diaryl/α,β-unsaturated/α-hetero) is 2. The zero-order valence-electron chi connectivity index (χ0n) is 28.2. The Morgan fingerprint density at radius 3 is 2.38 bits per heavy atom. The van der Waals surface area contributed by atoms with Gasteiger partial charge >= 0.3 is 0 Å². The number of ether oxygens (including phenoxy) is 1. The van der Waals surface area contributed by atoms with Crippen molar-refractivity contribution >= 4 is 23.2 Å². The molecule has 1 amide bonds. The lowest BCUT2D eigenvalue weighted by Gasteiger charge is -2.54. The second kappa shape index (κ2) is 12.1. The maximum Gasteiger partial charge on any atom is 0.235 e. The Morgan fingerprint density at radius 2 is 1.87 bits per heavy atom. The number of nitrogens with zero attached hydrogens (tertiary/aromatic N) is 2. The van der Waals surface area contributed by atoms with Crippen molar-refractivity contribution < 1.29 is 29.3 Å². The second-order valence-corrected chi connectivity index (χ2v) is 14.7. The maximum absolute atomic E-state index is 13.9. The number of ketones is 2. The molecule has 1 aromatic rings. The number of amides is 1. The number of aliphatic hydroxyl groups is 1. The average molecular weight is 625 g/mol. The molecule has 0 heterocycles. The van der Waals surface area contributed by atoms with Crippen LogP contribution < -0.4 is 16.0 Å². The molecule has 2 saturated carbocycles. The largest absolute Gasteiger partial charge is 0.508 e.